The Balaban J connectivity index is 2.87. The Morgan fingerprint density at radius 2 is 1.40 bits per heavy atom. The monoisotopic (exact) mass is 356 g/mol. The maximum absolute atomic E-state index is 10.4. The molecular weight excluding hydrogens is 324 g/mol. The number of unbranched alkanes of at least 4 members (excludes halogenated alkanes) is 3. The molecule has 7 heteroatoms. The van der Waals surface area contributed by atoms with Gasteiger partial charge in [0.15, 0.2) is 0 Å². The van der Waals surface area contributed by atoms with Gasteiger partial charge in [0, 0.05) is 24.2 Å². The van der Waals surface area contributed by atoms with E-state index in [1.807, 2.05) is 12.1 Å². The van der Waals surface area contributed by atoms with Crippen LogP contribution in [0.15, 0.2) is 12.1 Å². The fourth-order valence-electron chi connectivity index (χ4n) is 2.59. The molecule has 0 aliphatic carbocycles. The number of aromatic hydroxyl groups is 1. The molecule has 0 heterocycles. The van der Waals surface area contributed by atoms with Crippen LogP contribution in [-0.2, 0) is 19.5 Å². The minimum atomic E-state index is -1.05. The molecule has 0 spiro atoms. The molecule has 0 saturated carbocycles. The molecule has 7 nitrogen and oxygen atoms in total. The van der Waals surface area contributed by atoms with Gasteiger partial charge in [-0.2, -0.15) is 0 Å². The van der Waals surface area contributed by atoms with Crippen molar-refractivity contribution < 1.29 is 25.5 Å². The van der Waals surface area contributed by atoms with E-state index in [2.05, 4.69) is 17.6 Å². The third-order valence-electron chi connectivity index (χ3n) is 4.05. The van der Waals surface area contributed by atoms with Crippen LogP contribution in [0.4, 0.5) is 0 Å². The van der Waals surface area contributed by atoms with Crippen LogP contribution in [0.1, 0.15) is 49.3 Å². The van der Waals surface area contributed by atoms with Gasteiger partial charge in [-0.25, -0.2) is 0 Å². The van der Waals surface area contributed by atoms with Crippen molar-refractivity contribution in [3.8, 4) is 5.75 Å². The van der Waals surface area contributed by atoms with Crippen LogP contribution in [-0.4, -0.2) is 51.2 Å². The van der Waals surface area contributed by atoms with Crippen LogP contribution in [0.5, 0.6) is 5.75 Å². The minimum Gasteiger partial charge on any atom is -0.507 e. The minimum absolute atomic E-state index is 0.0765. The quantitative estimate of drug-likeness (QED) is 0.200. The summed E-state index contributed by atoms with van der Waals surface area (Å²) in [6.45, 7) is 1.77. The molecule has 144 valence electrons. The van der Waals surface area contributed by atoms with Crippen molar-refractivity contribution >= 4 is 0 Å². The number of phenolic OH excluding ortho intramolecular Hbond substituents is 1. The highest BCUT2D eigenvalue weighted by atomic mass is 16.3. The summed E-state index contributed by atoms with van der Waals surface area (Å²) in [5, 5.41) is 52.6. The first-order chi connectivity index (χ1) is 12.0. The summed E-state index contributed by atoms with van der Waals surface area (Å²) >= 11 is 0. The van der Waals surface area contributed by atoms with E-state index in [1.54, 1.807) is 0 Å². The topological polar surface area (TPSA) is 125 Å². The summed E-state index contributed by atoms with van der Waals surface area (Å²) in [5.41, 5.74) is 2.31. The summed E-state index contributed by atoms with van der Waals surface area (Å²) in [6.07, 6.45) is 3.33. The highest BCUT2D eigenvalue weighted by Crippen LogP contribution is 2.26. The molecule has 0 radical (unpaired) electrons. The van der Waals surface area contributed by atoms with Crippen LogP contribution in [0.3, 0.4) is 0 Å². The first-order valence-electron chi connectivity index (χ1n) is 8.90. The molecule has 1 aromatic carbocycles. The van der Waals surface area contributed by atoms with Crippen LogP contribution in [0, 0.1) is 0 Å². The van der Waals surface area contributed by atoms with Gasteiger partial charge in [0.25, 0.3) is 0 Å². The molecule has 2 atom stereocenters. The SMILES string of the molecule is CCCCCCc1cc(CNC(O)CO)c(O)c(CNC(O)CO)c1. The Bertz CT molecular complexity index is 463. The average Bonchev–Trinajstić information content (AvgIpc) is 2.63. The zero-order valence-electron chi connectivity index (χ0n) is 14.9. The Kier molecular flexibility index (Phi) is 10.6. The second kappa shape index (κ2) is 12.2. The number of benzene rings is 1. The Hall–Kier alpha value is -1.22. The second-order valence-corrected chi connectivity index (χ2v) is 6.23. The lowest BCUT2D eigenvalue weighted by Gasteiger charge is -2.17. The summed E-state index contributed by atoms with van der Waals surface area (Å²) in [7, 11) is 0. The van der Waals surface area contributed by atoms with E-state index in [1.165, 1.54) is 6.42 Å². The molecule has 0 aliphatic heterocycles. The number of rotatable bonds is 13. The molecule has 25 heavy (non-hydrogen) atoms. The zero-order valence-corrected chi connectivity index (χ0v) is 14.9. The number of hydrogen-bond acceptors (Lipinski definition) is 7. The lowest BCUT2D eigenvalue weighted by atomic mass is 9.99. The molecule has 2 unspecified atom stereocenters. The predicted molar refractivity (Wildman–Crippen MR) is 95.8 cm³/mol. The second-order valence-electron chi connectivity index (χ2n) is 6.23. The van der Waals surface area contributed by atoms with E-state index in [4.69, 9.17) is 10.2 Å². The fraction of sp³-hybridized carbons (Fsp3) is 0.667. The van der Waals surface area contributed by atoms with E-state index in [0.29, 0.717) is 11.1 Å². The van der Waals surface area contributed by atoms with E-state index in [0.717, 1.165) is 31.2 Å². The van der Waals surface area contributed by atoms with E-state index in [-0.39, 0.29) is 18.8 Å². The van der Waals surface area contributed by atoms with Crippen LogP contribution < -0.4 is 10.6 Å². The zero-order chi connectivity index (χ0) is 18.7. The van der Waals surface area contributed by atoms with E-state index < -0.39 is 25.7 Å². The lowest BCUT2D eigenvalue weighted by Crippen LogP contribution is -2.32. The van der Waals surface area contributed by atoms with Gasteiger partial charge in [0.1, 0.15) is 18.2 Å². The molecule has 0 aliphatic rings. The number of aliphatic hydroxyl groups excluding tert-OH is 4. The third-order valence-corrected chi connectivity index (χ3v) is 4.05. The van der Waals surface area contributed by atoms with Crippen LogP contribution >= 0.6 is 0 Å². The molecule has 0 bridgehead atoms. The molecule has 0 fully saturated rings. The molecule has 0 amide bonds. The predicted octanol–water partition coefficient (Wildman–Crippen LogP) is 0.316. The van der Waals surface area contributed by atoms with E-state index in [9.17, 15) is 15.3 Å². The van der Waals surface area contributed by atoms with Gasteiger partial charge in [-0.1, -0.05) is 38.3 Å². The highest BCUT2D eigenvalue weighted by Gasteiger charge is 2.13. The molecule has 1 aromatic rings. The summed E-state index contributed by atoms with van der Waals surface area (Å²) in [4.78, 5) is 0. The first-order valence-corrected chi connectivity index (χ1v) is 8.90. The van der Waals surface area contributed by atoms with Crippen LogP contribution in [0.2, 0.25) is 0 Å². The maximum atomic E-state index is 10.4. The van der Waals surface area contributed by atoms with Crippen molar-refractivity contribution in [3.05, 3.63) is 28.8 Å². The summed E-state index contributed by atoms with van der Waals surface area (Å²) in [6, 6.07) is 3.79. The van der Waals surface area contributed by atoms with E-state index >= 15 is 0 Å². The van der Waals surface area contributed by atoms with Crippen molar-refractivity contribution in [1.82, 2.24) is 10.6 Å². The van der Waals surface area contributed by atoms with Gasteiger partial charge in [0.05, 0.1) is 13.2 Å². The van der Waals surface area contributed by atoms with Gasteiger partial charge in [-0.15, -0.1) is 0 Å². The third kappa shape index (κ3) is 8.13. The van der Waals surface area contributed by atoms with Gasteiger partial charge >= 0.3 is 0 Å². The average molecular weight is 356 g/mol. The van der Waals surface area contributed by atoms with Gasteiger partial charge < -0.3 is 25.5 Å². The van der Waals surface area contributed by atoms with Crippen molar-refractivity contribution in [2.24, 2.45) is 0 Å². The number of aliphatic hydroxyl groups is 4. The van der Waals surface area contributed by atoms with Gasteiger partial charge in [0.2, 0.25) is 0 Å². The Labute approximate surface area is 149 Å². The summed E-state index contributed by atoms with van der Waals surface area (Å²) < 4.78 is 0. The molecule has 0 saturated heterocycles. The van der Waals surface area contributed by atoms with Crippen LogP contribution in [0.25, 0.3) is 0 Å². The smallest absolute Gasteiger partial charge is 0.128 e. The number of phenols is 1. The van der Waals surface area contributed by atoms with Crippen molar-refractivity contribution in [2.45, 2.75) is 64.6 Å². The number of nitrogens with one attached hydrogen (secondary N) is 2. The Morgan fingerprint density at radius 1 is 0.880 bits per heavy atom. The maximum Gasteiger partial charge on any atom is 0.128 e. The van der Waals surface area contributed by atoms with Crippen molar-refractivity contribution in [3.63, 3.8) is 0 Å². The van der Waals surface area contributed by atoms with Gasteiger partial charge in [-0.05, 0) is 18.4 Å². The summed E-state index contributed by atoms with van der Waals surface area (Å²) in [5.74, 6) is 0.0765. The Morgan fingerprint density at radius 3 is 1.84 bits per heavy atom. The van der Waals surface area contributed by atoms with Gasteiger partial charge in [-0.3, -0.25) is 10.6 Å². The fourth-order valence-corrected chi connectivity index (χ4v) is 2.59. The van der Waals surface area contributed by atoms with Crippen molar-refractivity contribution in [2.75, 3.05) is 13.2 Å². The normalized spacial score (nSPS) is 13.8. The molecular formula is C18H32N2O5. The molecule has 1 rings (SSSR count). The first kappa shape index (κ1) is 21.8. The largest absolute Gasteiger partial charge is 0.507 e. The number of aryl methyl sites for hydroxylation is 1. The lowest BCUT2D eigenvalue weighted by molar-refractivity contribution is 0.0658. The standard InChI is InChI=1S/C18H32N2O5/c1-2-3-4-5-6-13-7-14(9-19-16(23)11-21)18(25)15(8-13)10-20-17(24)12-22/h7-8,16-17,19-25H,2-6,9-12H2,1H3. The molecule has 0 aromatic heterocycles. The van der Waals surface area contributed by atoms with Crippen molar-refractivity contribution in [1.29, 1.82) is 0 Å². The number of hydrogen-bond donors (Lipinski definition) is 7. The highest BCUT2D eigenvalue weighted by molar-refractivity contribution is 5.44. The molecule has 7 N–H and O–H groups in total.